The van der Waals surface area contributed by atoms with Gasteiger partial charge in [-0.3, -0.25) is 14.4 Å². The first kappa shape index (κ1) is 20.4. The van der Waals surface area contributed by atoms with E-state index >= 15 is 0 Å². The van der Waals surface area contributed by atoms with E-state index in [9.17, 15) is 14.4 Å². The molecule has 0 amide bonds. The van der Waals surface area contributed by atoms with E-state index in [0.717, 1.165) is 19.3 Å². The van der Waals surface area contributed by atoms with Crippen LogP contribution in [0, 0.1) is 0 Å². The minimum Gasteiger partial charge on any atom is -0.462 e. The van der Waals surface area contributed by atoms with Crippen molar-refractivity contribution in [1.29, 1.82) is 0 Å². The van der Waals surface area contributed by atoms with E-state index in [1.54, 1.807) is 0 Å². The van der Waals surface area contributed by atoms with Gasteiger partial charge >= 0.3 is 17.9 Å². The minimum atomic E-state index is -0.755. The predicted molar refractivity (Wildman–Crippen MR) is 81.1 cm³/mol. The van der Waals surface area contributed by atoms with Crippen LogP contribution in [0.5, 0.6) is 0 Å². The monoisotopic (exact) mass is 316 g/mol. The highest BCUT2D eigenvalue weighted by Gasteiger charge is 2.16. The van der Waals surface area contributed by atoms with Crippen molar-refractivity contribution in [3.05, 3.63) is 0 Å². The van der Waals surface area contributed by atoms with Crippen LogP contribution in [-0.2, 0) is 28.6 Å². The molecule has 0 aromatic carbocycles. The molecular formula is C16H28O6. The molecule has 1 atom stereocenters. The summed E-state index contributed by atoms with van der Waals surface area (Å²) < 4.78 is 14.8. The van der Waals surface area contributed by atoms with Crippen LogP contribution in [0.3, 0.4) is 0 Å². The molecule has 1 unspecified atom stereocenters. The van der Waals surface area contributed by atoms with Crippen molar-refractivity contribution in [3.63, 3.8) is 0 Å². The summed E-state index contributed by atoms with van der Waals surface area (Å²) >= 11 is 0. The van der Waals surface area contributed by atoms with Gasteiger partial charge in [-0.1, -0.05) is 39.0 Å². The largest absolute Gasteiger partial charge is 0.462 e. The SMILES string of the molecule is CCCCCCCCC(=O)OCC(COC(C)=O)OC(C)=O. The summed E-state index contributed by atoms with van der Waals surface area (Å²) in [6.45, 7) is 4.46. The van der Waals surface area contributed by atoms with Gasteiger partial charge in [-0.15, -0.1) is 0 Å². The lowest BCUT2D eigenvalue weighted by Gasteiger charge is -2.16. The van der Waals surface area contributed by atoms with Gasteiger partial charge < -0.3 is 14.2 Å². The molecule has 0 heterocycles. The summed E-state index contributed by atoms with van der Waals surface area (Å²) in [6, 6.07) is 0. The van der Waals surface area contributed by atoms with Crippen LogP contribution in [0.15, 0.2) is 0 Å². The third kappa shape index (κ3) is 13.4. The van der Waals surface area contributed by atoms with Gasteiger partial charge in [0.1, 0.15) is 13.2 Å². The standard InChI is InChI=1S/C16H28O6/c1-4-5-6-7-8-9-10-16(19)21-12-15(22-14(3)18)11-20-13(2)17/h15H,4-12H2,1-3H3. The number of ether oxygens (including phenoxy) is 3. The first-order valence-corrected chi connectivity index (χ1v) is 7.91. The Kier molecular flexibility index (Phi) is 12.2. The molecule has 128 valence electrons. The maximum atomic E-state index is 11.6. The fourth-order valence-corrected chi connectivity index (χ4v) is 1.87. The van der Waals surface area contributed by atoms with Gasteiger partial charge in [-0.25, -0.2) is 0 Å². The van der Waals surface area contributed by atoms with E-state index in [0.29, 0.717) is 6.42 Å². The number of unbranched alkanes of at least 4 members (excludes halogenated alkanes) is 5. The van der Waals surface area contributed by atoms with E-state index in [-0.39, 0.29) is 19.2 Å². The van der Waals surface area contributed by atoms with Gasteiger partial charge in [0.25, 0.3) is 0 Å². The number of rotatable bonds is 12. The molecule has 0 aromatic rings. The highest BCUT2D eigenvalue weighted by atomic mass is 16.6. The van der Waals surface area contributed by atoms with Gasteiger partial charge in [0.2, 0.25) is 0 Å². The third-order valence-electron chi connectivity index (χ3n) is 2.97. The van der Waals surface area contributed by atoms with E-state index < -0.39 is 18.0 Å². The van der Waals surface area contributed by atoms with Crippen LogP contribution in [-0.4, -0.2) is 37.2 Å². The van der Waals surface area contributed by atoms with Crippen molar-refractivity contribution in [3.8, 4) is 0 Å². The summed E-state index contributed by atoms with van der Waals surface area (Å²) in [5.74, 6) is -1.31. The Morgan fingerprint density at radius 2 is 1.41 bits per heavy atom. The Balaban J connectivity index is 3.84. The smallest absolute Gasteiger partial charge is 0.305 e. The van der Waals surface area contributed by atoms with Gasteiger partial charge in [0, 0.05) is 20.3 Å². The Labute approximate surface area is 132 Å². The molecule has 0 N–H and O–H groups in total. The molecule has 0 aliphatic rings. The van der Waals surface area contributed by atoms with Gasteiger partial charge in [-0.2, -0.15) is 0 Å². The summed E-state index contributed by atoms with van der Waals surface area (Å²) in [7, 11) is 0. The molecule has 6 heteroatoms. The van der Waals surface area contributed by atoms with E-state index in [2.05, 4.69) is 6.92 Å². The molecule has 0 rings (SSSR count). The van der Waals surface area contributed by atoms with Crippen LogP contribution in [0.2, 0.25) is 0 Å². The molecule has 0 bridgehead atoms. The number of carbonyl (C=O) groups is 3. The normalized spacial score (nSPS) is 11.6. The number of esters is 3. The highest BCUT2D eigenvalue weighted by Crippen LogP contribution is 2.08. The molecule has 0 radical (unpaired) electrons. The predicted octanol–water partition coefficient (Wildman–Crippen LogP) is 2.78. The quantitative estimate of drug-likeness (QED) is 0.313. The van der Waals surface area contributed by atoms with Crippen molar-refractivity contribution in [2.75, 3.05) is 13.2 Å². The van der Waals surface area contributed by atoms with Crippen LogP contribution in [0.1, 0.15) is 65.7 Å². The molecule has 0 saturated heterocycles. The minimum absolute atomic E-state index is 0.0957. The van der Waals surface area contributed by atoms with Gasteiger partial charge in [-0.05, 0) is 6.42 Å². The van der Waals surface area contributed by atoms with Crippen LogP contribution >= 0.6 is 0 Å². The van der Waals surface area contributed by atoms with Crippen molar-refractivity contribution < 1.29 is 28.6 Å². The zero-order valence-corrected chi connectivity index (χ0v) is 13.9. The zero-order chi connectivity index (χ0) is 16.8. The molecule has 22 heavy (non-hydrogen) atoms. The first-order valence-electron chi connectivity index (χ1n) is 7.91. The lowest BCUT2D eigenvalue weighted by Crippen LogP contribution is -2.29. The zero-order valence-electron chi connectivity index (χ0n) is 13.9. The molecule has 0 fully saturated rings. The van der Waals surface area contributed by atoms with Crippen molar-refractivity contribution >= 4 is 17.9 Å². The number of hydrogen-bond acceptors (Lipinski definition) is 6. The molecular weight excluding hydrogens is 288 g/mol. The Hall–Kier alpha value is -1.59. The summed E-state index contributed by atoms with van der Waals surface area (Å²) in [6.07, 6.45) is 6.15. The van der Waals surface area contributed by atoms with E-state index in [1.807, 2.05) is 0 Å². The fourth-order valence-electron chi connectivity index (χ4n) is 1.87. The summed E-state index contributed by atoms with van der Waals surface area (Å²) in [4.78, 5) is 33.3. The molecule has 0 aliphatic carbocycles. The van der Waals surface area contributed by atoms with Crippen molar-refractivity contribution in [2.24, 2.45) is 0 Å². The van der Waals surface area contributed by atoms with Crippen molar-refractivity contribution in [1.82, 2.24) is 0 Å². The average Bonchev–Trinajstić information content (AvgIpc) is 2.45. The number of hydrogen-bond donors (Lipinski definition) is 0. The van der Waals surface area contributed by atoms with Crippen LogP contribution in [0.25, 0.3) is 0 Å². The van der Waals surface area contributed by atoms with Crippen LogP contribution in [0.4, 0.5) is 0 Å². The Morgan fingerprint density at radius 3 is 2.00 bits per heavy atom. The topological polar surface area (TPSA) is 78.9 Å². The summed E-state index contributed by atoms with van der Waals surface area (Å²) in [5.41, 5.74) is 0. The Bertz CT molecular complexity index is 340. The second kappa shape index (κ2) is 13.1. The lowest BCUT2D eigenvalue weighted by molar-refractivity contribution is -0.164. The fraction of sp³-hybridized carbons (Fsp3) is 0.812. The van der Waals surface area contributed by atoms with E-state index in [4.69, 9.17) is 14.2 Å². The molecule has 0 aliphatic heterocycles. The average molecular weight is 316 g/mol. The second-order valence-corrected chi connectivity index (χ2v) is 5.23. The van der Waals surface area contributed by atoms with Gasteiger partial charge in [0.05, 0.1) is 0 Å². The Morgan fingerprint density at radius 1 is 0.818 bits per heavy atom. The highest BCUT2D eigenvalue weighted by molar-refractivity contribution is 5.69. The number of carbonyl (C=O) groups excluding carboxylic acids is 3. The molecule has 0 saturated carbocycles. The maximum absolute atomic E-state index is 11.6. The van der Waals surface area contributed by atoms with Crippen molar-refractivity contribution in [2.45, 2.75) is 71.8 Å². The third-order valence-corrected chi connectivity index (χ3v) is 2.97. The molecule has 0 spiro atoms. The van der Waals surface area contributed by atoms with E-state index in [1.165, 1.54) is 33.1 Å². The van der Waals surface area contributed by atoms with Crippen LogP contribution < -0.4 is 0 Å². The summed E-state index contributed by atoms with van der Waals surface area (Å²) in [5, 5.41) is 0. The maximum Gasteiger partial charge on any atom is 0.305 e. The molecule has 6 nitrogen and oxygen atoms in total. The second-order valence-electron chi connectivity index (χ2n) is 5.23. The first-order chi connectivity index (χ1) is 10.5. The molecule has 0 aromatic heterocycles. The lowest BCUT2D eigenvalue weighted by atomic mass is 10.1. The van der Waals surface area contributed by atoms with Gasteiger partial charge in [0.15, 0.2) is 6.10 Å².